The van der Waals surface area contributed by atoms with E-state index < -0.39 is 0 Å². The Morgan fingerprint density at radius 3 is 2.59 bits per heavy atom. The standard InChI is InChI=1S/C16H18FN3OS/c1-12-10-15(21)20(11-13-2-4-14(17)5-3-13)16(18-12)19-6-8-22-9-7-19/h2-5,10H,6-9,11H2,1H3. The van der Waals surface area contributed by atoms with Gasteiger partial charge < -0.3 is 4.90 Å². The van der Waals surface area contributed by atoms with Gasteiger partial charge in [-0.1, -0.05) is 12.1 Å². The molecule has 0 amide bonds. The molecule has 2 heterocycles. The number of nitrogens with zero attached hydrogens (tertiary/aromatic N) is 3. The van der Waals surface area contributed by atoms with E-state index in [1.807, 2.05) is 18.7 Å². The number of aryl methyl sites for hydroxylation is 1. The third-order valence-electron chi connectivity index (χ3n) is 3.66. The quantitative estimate of drug-likeness (QED) is 0.870. The van der Waals surface area contributed by atoms with Gasteiger partial charge in [-0.05, 0) is 24.6 Å². The van der Waals surface area contributed by atoms with Crippen molar-refractivity contribution >= 4 is 17.7 Å². The Morgan fingerprint density at radius 1 is 1.23 bits per heavy atom. The first-order chi connectivity index (χ1) is 10.6. The van der Waals surface area contributed by atoms with Crippen LogP contribution < -0.4 is 10.5 Å². The number of benzene rings is 1. The van der Waals surface area contributed by atoms with E-state index in [1.165, 1.54) is 12.1 Å². The third kappa shape index (κ3) is 3.32. The summed E-state index contributed by atoms with van der Waals surface area (Å²) in [6.45, 7) is 4.03. The molecule has 1 saturated heterocycles. The molecule has 0 saturated carbocycles. The van der Waals surface area contributed by atoms with Gasteiger partial charge in [-0.15, -0.1) is 0 Å². The topological polar surface area (TPSA) is 38.1 Å². The summed E-state index contributed by atoms with van der Waals surface area (Å²) in [5.74, 6) is 2.53. The Morgan fingerprint density at radius 2 is 1.91 bits per heavy atom. The van der Waals surface area contributed by atoms with Gasteiger partial charge in [-0.25, -0.2) is 9.37 Å². The summed E-state index contributed by atoms with van der Waals surface area (Å²) < 4.78 is 14.7. The molecule has 0 spiro atoms. The SMILES string of the molecule is Cc1cc(=O)n(Cc2ccc(F)cc2)c(N2CCSCC2)n1. The van der Waals surface area contributed by atoms with Gasteiger partial charge in [0.1, 0.15) is 5.82 Å². The fourth-order valence-electron chi connectivity index (χ4n) is 2.53. The monoisotopic (exact) mass is 319 g/mol. The zero-order chi connectivity index (χ0) is 15.5. The lowest BCUT2D eigenvalue weighted by molar-refractivity contribution is 0.625. The molecule has 6 heteroatoms. The predicted molar refractivity (Wildman–Crippen MR) is 88.3 cm³/mol. The van der Waals surface area contributed by atoms with Crippen molar-refractivity contribution in [1.29, 1.82) is 0 Å². The van der Waals surface area contributed by atoms with E-state index in [9.17, 15) is 9.18 Å². The van der Waals surface area contributed by atoms with E-state index in [1.54, 1.807) is 22.8 Å². The minimum atomic E-state index is -0.272. The van der Waals surface area contributed by atoms with Gasteiger partial charge in [0.05, 0.1) is 6.54 Å². The van der Waals surface area contributed by atoms with Crippen LogP contribution in [-0.4, -0.2) is 34.1 Å². The maximum absolute atomic E-state index is 13.0. The van der Waals surface area contributed by atoms with Crippen LogP contribution in [0.1, 0.15) is 11.3 Å². The number of halogens is 1. The Balaban J connectivity index is 1.97. The van der Waals surface area contributed by atoms with Gasteiger partial charge in [-0.3, -0.25) is 9.36 Å². The molecule has 0 atom stereocenters. The van der Waals surface area contributed by atoms with Crippen LogP contribution >= 0.6 is 11.8 Å². The first kappa shape index (κ1) is 15.1. The average Bonchev–Trinajstić information content (AvgIpc) is 2.52. The number of rotatable bonds is 3. The van der Waals surface area contributed by atoms with Crippen LogP contribution in [0.4, 0.5) is 10.3 Å². The molecule has 4 nitrogen and oxygen atoms in total. The van der Waals surface area contributed by atoms with Gasteiger partial charge in [0.25, 0.3) is 5.56 Å². The zero-order valence-electron chi connectivity index (χ0n) is 12.5. The van der Waals surface area contributed by atoms with E-state index in [-0.39, 0.29) is 11.4 Å². The zero-order valence-corrected chi connectivity index (χ0v) is 13.3. The molecule has 1 aliphatic rings. The summed E-state index contributed by atoms with van der Waals surface area (Å²) in [6, 6.07) is 7.79. The van der Waals surface area contributed by atoms with Crippen LogP contribution in [0.15, 0.2) is 35.1 Å². The molecule has 1 fully saturated rings. The molecule has 1 aromatic heterocycles. The van der Waals surface area contributed by atoms with Gasteiger partial charge in [0, 0.05) is 36.4 Å². The van der Waals surface area contributed by atoms with E-state index >= 15 is 0 Å². The van der Waals surface area contributed by atoms with Crippen molar-refractivity contribution in [2.24, 2.45) is 0 Å². The minimum Gasteiger partial charge on any atom is -0.340 e. The smallest absolute Gasteiger partial charge is 0.255 e. The number of hydrogen-bond donors (Lipinski definition) is 0. The molecular formula is C16H18FN3OS. The van der Waals surface area contributed by atoms with Crippen molar-refractivity contribution in [2.75, 3.05) is 29.5 Å². The lowest BCUT2D eigenvalue weighted by Gasteiger charge is -2.29. The number of anilines is 1. The molecule has 1 aromatic carbocycles. The molecule has 0 aliphatic carbocycles. The molecule has 1 aliphatic heterocycles. The van der Waals surface area contributed by atoms with Crippen LogP contribution in [0, 0.1) is 12.7 Å². The summed E-state index contributed by atoms with van der Waals surface area (Å²) in [5, 5.41) is 0. The first-order valence-corrected chi connectivity index (χ1v) is 8.44. The fourth-order valence-corrected chi connectivity index (χ4v) is 3.43. The molecule has 0 unspecified atom stereocenters. The highest BCUT2D eigenvalue weighted by Gasteiger charge is 2.17. The Hall–Kier alpha value is -1.82. The van der Waals surface area contributed by atoms with Gasteiger partial charge in [0.15, 0.2) is 0 Å². The van der Waals surface area contributed by atoms with Crippen LogP contribution in [0.5, 0.6) is 0 Å². The fraction of sp³-hybridized carbons (Fsp3) is 0.375. The molecule has 116 valence electrons. The summed E-state index contributed by atoms with van der Waals surface area (Å²) in [6.07, 6.45) is 0. The second kappa shape index (κ2) is 6.52. The van der Waals surface area contributed by atoms with Crippen molar-refractivity contribution in [1.82, 2.24) is 9.55 Å². The van der Waals surface area contributed by atoms with Crippen molar-refractivity contribution in [3.8, 4) is 0 Å². The molecule has 0 bridgehead atoms. The lowest BCUT2D eigenvalue weighted by atomic mass is 10.2. The molecule has 0 radical (unpaired) electrons. The van der Waals surface area contributed by atoms with Crippen molar-refractivity contribution < 1.29 is 4.39 Å². The average molecular weight is 319 g/mol. The van der Waals surface area contributed by atoms with Crippen molar-refractivity contribution in [2.45, 2.75) is 13.5 Å². The normalized spacial score (nSPS) is 15.1. The molecule has 22 heavy (non-hydrogen) atoms. The van der Waals surface area contributed by atoms with Crippen LogP contribution in [0.2, 0.25) is 0 Å². The molecule has 2 aromatic rings. The number of hydrogen-bond acceptors (Lipinski definition) is 4. The van der Waals surface area contributed by atoms with Crippen LogP contribution in [0.25, 0.3) is 0 Å². The molecule has 0 N–H and O–H groups in total. The summed E-state index contributed by atoms with van der Waals surface area (Å²) >= 11 is 1.91. The number of aromatic nitrogens is 2. The third-order valence-corrected chi connectivity index (χ3v) is 4.61. The van der Waals surface area contributed by atoms with Crippen molar-refractivity contribution in [3.05, 3.63) is 57.8 Å². The summed E-state index contributed by atoms with van der Waals surface area (Å²) in [5.41, 5.74) is 1.56. The first-order valence-electron chi connectivity index (χ1n) is 7.29. The second-order valence-corrected chi connectivity index (χ2v) is 6.57. The maximum Gasteiger partial charge on any atom is 0.255 e. The largest absolute Gasteiger partial charge is 0.340 e. The van der Waals surface area contributed by atoms with Gasteiger partial charge >= 0.3 is 0 Å². The minimum absolute atomic E-state index is 0.0648. The Bertz CT molecular complexity index is 708. The Kier molecular flexibility index (Phi) is 4.47. The highest BCUT2D eigenvalue weighted by Crippen LogP contribution is 2.17. The van der Waals surface area contributed by atoms with E-state index in [0.29, 0.717) is 6.54 Å². The van der Waals surface area contributed by atoms with Crippen molar-refractivity contribution in [3.63, 3.8) is 0 Å². The van der Waals surface area contributed by atoms with Gasteiger partial charge in [-0.2, -0.15) is 11.8 Å². The van der Waals surface area contributed by atoms with Crippen LogP contribution in [-0.2, 0) is 6.54 Å². The number of thioether (sulfide) groups is 1. The highest BCUT2D eigenvalue weighted by atomic mass is 32.2. The Labute approximate surface area is 133 Å². The van der Waals surface area contributed by atoms with Crippen LogP contribution in [0.3, 0.4) is 0 Å². The molecular weight excluding hydrogens is 301 g/mol. The highest BCUT2D eigenvalue weighted by molar-refractivity contribution is 7.99. The molecule has 3 rings (SSSR count). The second-order valence-electron chi connectivity index (χ2n) is 5.35. The van der Waals surface area contributed by atoms with E-state index in [2.05, 4.69) is 9.88 Å². The van der Waals surface area contributed by atoms with E-state index in [0.717, 1.165) is 41.8 Å². The van der Waals surface area contributed by atoms with E-state index in [4.69, 9.17) is 0 Å². The summed E-state index contributed by atoms with van der Waals surface area (Å²) in [7, 11) is 0. The lowest BCUT2D eigenvalue weighted by Crippen LogP contribution is -2.38. The predicted octanol–water partition coefficient (Wildman–Crippen LogP) is 2.29. The van der Waals surface area contributed by atoms with Gasteiger partial charge in [0.2, 0.25) is 5.95 Å². The summed E-state index contributed by atoms with van der Waals surface area (Å²) in [4.78, 5) is 19.1. The maximum atomic E-state index is 13.0.